The summed E-state index contributed by atoms with van der Waals surface area (Å²) in [5, 5.41) is 17.9. The topological polar surface area (TPSA) is 110 Å². The molecular formula is C19H22BrNO6-2. The number of carboxylic acids is 2. The first-order valence-corrected chi connectivity index (χ1v) is 9.04. The Hall–Kier alpha value is -2.37. The highest BCUT2D eigenvalue weighted by atomic mass is 79.9. The summed E-state index contributed by atoms with van der Waals surface area (Å²) >= 11 is 3.38. The number of hydrogen-bond acceptors (Lipinski definition) is 7. The number of carbonyl (C=O) groups is 3. The summed E-state index contributed by atoms with van der Waals surface area (Å²) in [6.45, 7) is 8.87. The summed E-state index contributed by atoms with van der Waals surface area (Å²) in [4.78, 5) is 32.0. The molecule has 0 amide bonds. The number of benzene rings is 1. The van der Waals surface area contributed by atoms with Crippen LogP contribution < -0.4 is 10.2 Å². The summed E-state index contributed by atoms with van der Waals surface area (Å²) in [6, 6.07) is 7.68. The molecule has 148 valence electrons. The normalized spacial score (nSPS) is 10.7. The summed E-state index contributed by atoms with van der Waals surface area (Å²) < 4.78 is 6.19. The predicted octanol–water partition coefficient (Wildman–Crippen LogP) is -0.0728. The van der Waals surface area contributed by atoms with Crippen LogP contribution in [0.25, 0.3) is 0 Å². The second kappa shape index (κ2) is 13.8. The van der Waals surface area contributed by atoms with E-state index in [0.717, 1.165) is 23.1 Å². The van der Waals surface area contributed by atoms with Crippen molar-refractivity contribution in [1.82, 2.24) is 4.90 Å². The molecule has 8 heteroatoms. The van der Waals surface area contributed by atoms with Crippen LogP contribution in [0.5, 0.6) is 0 Å². The summed E-state index contributed by atoms with van der Waals surface area (Å²) in [6.07, 6.45) is 0. The van der Waals surface area contributed by atoms with E-state index in [0.29, 0.717) is 6.54 Å². The number of rotatable bonds is 6. The lowest BCUT2D eigenvalue weighted by Gasteiger charge is -2.13. The zero-order valence-electron chi connectivity index (χ0n) is 15.5. The summed E-state index contributed by atoms with van der Waals surface area (Å²) in [5.41, 5.74) is 0.944. The van der Waals surface area contributed by atoms with Gasteiger partial charge in [0.2, 0.25) is 0 Å². The Morgan fingerprint density at radius 2 is 1.59 bits per heavy atom. The molecule has 0 heterocycles. The predicted molar refractivity (Wildman–Crippen MR) is 99.1 cm³/mol. The quantitative estimate of drug-likeness (QED) is 0.346. The molecule has 27 heavy (non-hydrogen) atoms. The largest absolute Gasteiger partial charge is 0.543 e. The Morgan fingerprint density at radius 1 is 1.07 bits per heavy atom. The highest BCUT2D eigenvalue weighted by molar-refractivity contribution is 9.10. The smallest absolute Gasteiger partial charge is 0.314 e. The molecule has 0 fully saturated rings. The molecule has 1 atom stereocenters. The van der Waals surface area contributed by atoms with Gasteiger partial charge in [-0.1, -0.05) is 53.8 Å². The fraction of sp³-hybridized carbons (Fsp3) is 0.421. The van der Waals surface area contributed by atoms with Crippen LogP contribution in [0.1, 0.15) is 32.3 Å². The van der Waals surface area contributed by atoms with Gasteiger partial charge in [0.15, 0.2) is 6.61 Å². The van der Waals surface area contributed by atoms with E-state index >= 15 is 0 Å². The molecule has 0 radical (unpaired) electrons. The van der Waals surface area contributed by atoms with Gasteiger partial charge in [-0.2, -0.15) is 0 Å². The Bertz CT molecular complexity index is 662. The van der Waals surface area contributed by atoms with E-state index in [9.17, 15) is 4.79 Å². The molecule has 1 unspecified atom stereocenters. The molecule has 1 rings (SSSR count). The zero-order valence-corrected chi connectivity index (χ0v) is 17.1. The Labute approximate surface area is 167 Å². The summed E-state index contributed by atoms with van der Waals surface area (Å²) in [7, 11) is 0. The van der Waals surface area contributed by atoms with Gasteiger partial charge in [0.1, 0.15) is 0 Å². The van der Waals surface area contributed by atoms with Gasteiger partial charge in [0.05, 0.1) is 24.4 Å². The number of halogens is 1. The maximum Gasteiger partial charge on any atom is 0.314 e. The van der Waals surface area contributed by atoms with Gasteiger partial charge in [-0.05, 0) is 37.7 Å². The van der Waals surface area contributed by atoms with Crippen molar-refractivity contribution in [1.29, 1.82) is 0 Å². The fourth-order valence-corrected chi connectivity index (χ4v) is 2.05. The number of esters is 1. The number of carboxylic acid groups (broad SMARTS) is 2. The first-order chi connectivity index (χ1) is 12.7. The first-order valence-electron chi connectivity index (χ1n) is 8.25. The highest BCUT2D eigenvalue weighted by Gasteiger charge is 2.15. The first kappa shape index (κ1) is 24.6. The van der Waals surface area contributed by atoms with Gasteiger partial charge in [-0.25, -0.2) is 0 Å². The van der Waals surface area contributed by atoms with Crippen molar-refractivity contribution < 1.29 is 29.3 Å². The van der Waals surface area contributed by atoms with Gasteiger partial charge in [0.25, 0.3) is 0 Å². The third-order valence-corrected chi connectivity index (χ3v) is 4.03. The molecule has 0 saturated heterocycles. The average Bonchev–Trinajstić information content (AvgIpc) is 2.65. The number of ether oxygens (including phenoxy) is 1. The van der Waals surface area contributed by atoms with E-state index in [4.69, 9.17) is 24.5 Å². The molecule has 0 aromatic heterocycles. The van der Waals surface area contributed by atoms with Crippen LogP contribution in [-0.4, -0.2) is 49.0 Å². The maximum absolute atomic E-state index is 11.9. The molecule has 0 aliphatic carbocycles. The van der Waals surface area contributed by atoms with Crippen molar-refractivity contribution >= 4 is 33.8 Å². The molecule has 0 N–H and O–H groups in total. The molecular weight excluding hydrogens is 418 g/mol. The second-order valence-electron chi connectivity index (χ2n) is 5.27. The van der Waals surface area contributed by atoms with E-state index in [2.05, 4.69) is 46.5 Å². The minimum Gasteiger partial charge on any atom is -0.543 e. The minimum absolute atomic E-state index is 0.154. The van der Waals surface area contributed by atoms with Crippen LogP contribution in [0, 0.1) is 11.8 Å². The Kier molecular flexibility index (Phi) is 12.6. The van der Waals surface area contributed by atoms with Crippen molar-refractivity contribution in [3.8, 4) is 11.8 Å². The van der Waals surface area contributed by atoms with Crippen LogP contribution in [0.4, 0.5) is 0 Å². The van der Waals surface area contributed by atoms with Crippen molar-refractivity contribution in [2.75, 3.05) is 26.2 Å². The summed E-state index contributed by atoms with van der Waals surface area (Å²) in [5.74, 6) is 1.02. The number of nitrogens with zero attached hydrogens (tertiary/aromatic N) is 1. The van der Waals surface area contributed by atoms with E-state index in [1.807, 2.05) is 31.2 Å². The van der Waals surface area contributed by atoms with Gasteiger partial charge in [-0.15, -0.1) is 0 Å². The van der Waals surface area contributed by atoms with Gasteiger partial charge in [0, 0.05) is 4.47 Å². The molecule has 7 nitrogen and oxygen atoms in total. The van der Waals surface area contributed by atoms with Gasteiger partial charge >= 0.3 is 5.97 Å². The standard InChI is InChI=1S/C17H22BrNO2.C2H2O4/c1-4-19(5-2)12-6-7-13-21-17(20)14(3)15-8-10-16(18)11-9-15;3-1(4)2(5)6/h8-11,14H,4-5,12-13H2,1-3H3;(H,3,4)(H,5,6)/p-2. The second-order valence-corrected chi connectivity index (χ2v) is 6.19. The third-order valence-electron chi connectivity index (χ3n) is 3.50. The molecule has 0 aliphatic rings. The van der Waals surface area contributed by atoms with E-state index < -0.39 is 11.9 Å². The lowest BCUT2D eigenvalue weighted by molar-refractivity contribution is -0.345. The molecule has 0 spiro atoms. The van der Waals surface area contributed by atoms with Gasteiger partial charge in [-0.3, -0.25) is 9.69 Å². The maximum atomic E-state index is 11.9. The third kappa shape index (κ3) is 11.1. The van der Waals surface area contributed by atoms with Crippen LogP contribution in [-0.2, 0) is 19.1 Å². The van der Waals surface area contributed by atoms with E-state index in [-0.39, 0.29) is 18.5 Å². The van der Waals surface area contributed by atoms with Crippen molar-refractivity contribution in [3.63, 3.8) is 0 Å². The zero-order chi connectivity index (χ0) is 20.8. The molecule has 0 bridgehead atoms. The lowest BCUT2D eigenvalue weighted by Crippen LogP contribution is -2.42. The highest BCUT2D eigenvalue weighted by Crippen LogP contribution is 2.19. The average molecular weight is 440 g/mol. The minimum atomic E-state index is -2.19. The van der Waals surface area contributed by atoms with Gasteiger partial charge < -0.3 is 24.5 Å². The monoisotopic (exact) mass is 439 g/mol. The SMILES string of the molecule is CCN(CC)CC#CCOC(=O)C(C)c1ccc(Br)cc1.O=C([O-])C(=O)[O-]. The molecule has 1 aromatic carbocycles. The van der Waals surface area contributed by atoms with Crippen molar-refractivity contribution in [2.45, 2.75) is 26.7 Å². The van der Waals surface area contributed by atoms with Crippen LogP contribution >= 0.6 is 15.9 Å². The van der Waals surface area contributed by atoms with E-state index in [1.165, 1.54) is 0 Å². The van der Waals surface area contributed by atoms with Crippen LogP contribution in [0.2, 0.25) is 0 Å². The Balaban J connectivity index is 0.000000972. The van der Waals surface area contributed by atoms with Crippen molar-refractivity contribution in [3.05, 3.63) is 34.3 Å². The number of aliphatic carboxylic acids is 2. The molecule has 0 saturated carbocycles. The molecule has 1 aromatic rings. The number of hydrogen-bond donors (Lipinski definition) is 0. The lowest BCUT2D eigenvalue weighted by atomic mass is 10.0. The van der Waals surface area contributed by atoms with Crippen molar-refractivity contribution in [2.24, 2.45) is 0 Å². The molecule has 0 aliphatic heterocycles. The van der Waals surface area contributed by atoms with Crippen LogP contribution in [0.15, 0.2) is 28.7 Å². The Morgan fingerprint density at radius 3 is 2.04 bits per heavy atom. The fourth-order valence-electron chi connectivity index (χ4n) is 1.79. The van der Waals surface area contributed by atoms with E-state index in [1.54, 1.807) is 0 Å². The number of carbonyl (C=O) groups excluding carboxylic acids is 3. The van der Waals surface area contributed by atoms with Crippen LogP contribution in [0.3, 0.4) is 0 Å².